The quantitative estimate of drug-likeness (QED) is 0.118. The van der Waals surface area contributed by atoms with Crippen LogP contribution in [0.15, 0.2) is 67.0 Å². The number of carbonyl (C=O) groups is 1. The van der Waals surface area contributed by atoms with E-state index in [4.69, 9.17) is 25.8 Å². The predicted octanol–water partition coefficient (Wildman–Crippen LogP) is 6.43. The lowest BCUT2D eigenvalue weighted by Crippen LogP contribution is -2.59. The van der Waals surface area contributed by atoms with E-state index in [1.807, 2.05) is 25.1 Å². The average Bonchev–Trinajstić information content (AvgIpc) is 3.75. The molecular weight excluding hydrogens is 690 g/mol. The molecular formula is C42H46ClN5O5. The Bertz CT molecular complexity index is 2000. The Hall–Kier alpha value is -4.66. The van der Waals surface area contributed by atoms with E-state index in [9.17, 15) is 15.2 Å². The minimum atomic E-state index is -0.555. The number of nitrogens with one attached hydrogen (secondary N) is 2. The summed E-state index contributed by atoms with van der Waals surface area (Å²) in [6.07, 6.45) is 6.94. The van der Waals surface area contributed by atoms with Crippen molar-refractivity contribution >= 4 is 17.5 Å². The van der Waals surface area contributed by atoms with Crippen molar-refractivity contribution in [1.82, 2.24) is 20.5 Å². The van der Waals surface area contributed by atoms with Gasteiger partial charge in [-0.25, -0.2) is 0 Å². The number of hydrogen-bond acceptors (Lipinski definition) is 9. The largest absolute Gasteiger partial charge is 0.493 e. The molecule has 0 bridgehead atoms. The third kappa shape index (κ3) is 8.77. The molecule has 0 spiro atoms. The van der Waals surface area contributed by atoms with Crippen molar-refractivity contribution in [2.75, 3.05) is 32.8 Å². The topological polar surface area (TPSA) is 129 Å². The van der Waals surface area contributed by atoms with Crippen molar-refractivity contribution < 1.29 is 24.1 Å². The molecule has 1 amide bonds. The van der Waals surface area contributed by atoms with Gasteiger partial charge in [-0.2, -0.15) is 5.26 Å². The number of benzene rings is 3. The number of β-amino-alcohol motifs (C(OH)–C–C–N with tert-alkyl or cyclic N) is 1. The SMILES string of the molecule is Cc1c(OCCCN2CC(C)(O)C2)cccc1-c1cccc2c1CC[C@@H]2Oc1cc(OCc2cncc(C#N)c2)c(CNCC2CCC(=O)N2)cc1Cl. The molecule has 1 aromatic heterocycles. The van der Waals surface area contributed by atoms with Crippen LogP contribution in [-0.4, -0.2) is 65.3 Å². The van der Waals surface area contributed by atoms with Crippen LogP contribution in [0.4, 0.5) is 0 Å². The van der Waals surface area contributed by atoms with Gasteiger partial charge < -0.3 is 30.0 Å². The van der Waals surface area contributed by atoms with E-state index < -0.39 is 5.60 Å². The molecule has 3 aliphatic rings. The van der Waals surface area contributed by atoms with Gasteiger partial charge in [-0.05, 0) is 85.5 Å². The Morgan fingerprint density at radius 2 is 1.89 bits per heavy atom. The number of pyridine rings is 1. The normalized spacial score (nSPS) is 18.9. The lowest BCUT2D eigenvalue weighted by atomic mass is 9.93. The van der Waals surface area contributed by atoms with Crippen LogP contribution >= 0.6 is 11.6 Å². The van der Waals surface area contributed by atoms with Crippen molar-refractivity contribution in [3.05, 3.63) is 105 Å². The first kappa shape index (κ1) is 36.7. The number of carbonyl (C=O) groups excluding carboxylic acids is 1. The van der Waals surface area contributed by atoms with E-state index in [1.54, 1.807) is 12.3 Å². The third-order valence-corrected chi connectivity index (χ3v) is 10.6. The fourth-order valence-corrected chi connectivity index (χ4v) is 7.92. The molecule has 3 N–H and O–H groups in total. The van der Waals surface area contributed by atoms with Gasteiger partial charge in [-0.3, -0.25) is 14.7 Å². The number of nitrogens with zero attached hydrogens (tertiary/aromatic N) is 3. The van der Waals surface area contributed by atoms with Crippen molar-refractivity contribution in [2.24, 2.45) is 0 Å². The van der Waals surface area contributed by atoms with Crippen LogP contribution in [0.1, 0.15) is 72.1 Å². The summed E-state index contributed by atoms with van der Waals surface area (Å²) in [5, 5.41) is 26.3. The number of ether oxygens (including phenoxy) is 3. The van der Waals surface area contributed by atoms with Crippen molar-refractivity contribution in [3.8, 4) is 34.4 Å². The number of nitriles is 1. The average molecular weight is 736 g/mol. The van der Waals surface area contributed by atoms with Crippen LogP contribution in [0.5, 0.6) is 17.2 Å². The van der Waals surface area contributed by atoms with Crippen molar-refractivity contribution in [1.29, 1.82) is 5.26 Å². The van der Waals surface area contributed by atoms with Crippen LogP contribution in [0.3, 0.4) is 0 Å². The first-order valence-electron chi connectivity index (χ1n) is 18.4. The maximum absolute atomic E-state index is 11.7. The van der Waals surface area contributed by atoms with E-state index in [0.717, 1.165) is 78.9 Å². The highest BCUT2D eigenvalue weighted by Crippen LogP contribution is 2.44. The number of fused-ring (bicyclic) bond motifs is 1. The zero-order chi connectivity index (χ0) is 37.0. The number of hydrogen-bond donors (Lipinski definition) is 3. The first-order chi connectivity index (χ1) is 25.7. The Labute approximate surface area is 316 Å². The zero-order valence-corrected chi connectivity index (χ0v) is 31.0. The second-order valence-corrected chi connectivity index (χ2v) is 15.1. The molecule has 0 saturated carbocycles. The number of amides is 1. The van der Waals surface area contributed by atoms with Crippen LogP contribution in [0.2, 0.25) is 5.02 Å². The molecule has 3 aromatic carbocycles. The van der Waals surface area contributed by atoms with Gasteiger partial charge in [0.1, 0.15) is 36.0 Å². The summed E-state index contributed by atoms with van der Waals surface area (Å²) in [5.41, 5.74) is 7.39. The summed E-state index contributed by atoms with van der Waals surface area (Å²) in [5.74, 6) is 2.12. The molecule has 2 fully saturated rings. The number of rotatable bonds is 15. The van der Waals surface area contributed by atoms with Gasteiger partial charge in [0.2, 0.25) is 5.91 Å². The summed E-state index contributed by atoms with van der Waals surface area (Å²) in [6.45, 7) is 8.30. The second-order valence-electron chi connectivity index (χ2n) is 14.7. The minimum absolute atomic E-state index is 0.0816. The predicted molar refractivity (Wildman–Crippen MR) is 203 cm³/mol. The highest BCUT2D eigenvalue weighted by molar-refractivity contribution is 6.32. The third-order valence-electron chi connectivity index (χ3n) is 10.3. The smallest absolute Gasteiger partial charge is 0.220 e. The molecule has 2 atom stereocenters. The van der Waals surface area contributed by atoms with Crippen LogP contribution in [-0.2, 0) is 24.4 Å². The molecule has 0 radical (unpaired) electrons. The lowest BCUT2D eigenvalue weighted by Gasteiger charge is -2.44. The number of aromatic nitrogens is 1. The number of likely N-dealkylation sites (tertiary alicyclic amines) is 1. The van der Waals surface area contributed by atoms with Crippen molar-refractivity contribution in [3.63, 3.8) is 0 Å². The van der Waals surface area contributed by atoms with Crippen LogP contribution in [0.25, 0.3) is 11.1 Å². The molecule has 7 rings (SSSR count). The van der Waals surface area contributed by atoms with Gasteiger partial charge in [0.05, 0.1) is 22.8 Å². The van der Waals surface area contributed by atoms with E-state index >= 15 is 0 Å². The van der Waals surface area contributed by atoms with Gasteiger partial charge in [0.25, 0.3) is 0 Å². The minimum Gasteiger partial charge on any atom is -0.493 e. The number of halogens is 1. The fourth-order valence-electron chi connectivity index (χ4n) is 7.69. The molecule has 3 heterocycles. The Morgan fingerprint density at radius 1 is 1.06 bits per heavy atom. The maximum Gasteiger partial charge on any atom is 0.220 e. The van der Waals surface area contributed by atoms with E-state index in [2.05, 4.69) is 63.8 Å². The van der Waals surface area contributed by atoms with E-state index in [-0.39, 0.29) is 24.7 Å². The highest BCUT2D eigenvalue weighted by Gasteiger charge is 2.35. The molecule has 2 aliphatic heterocycles. The summed E-state index contributed by atoms with van der Waals surface area (Å²) < 4.78 is 19.3. The van der Waals surface area contributed by atoms with Gasteiger partial charge in [-0.1, -0.05) is 41.9 Å². The summed E-state index contributed by atoms with van der Waals surface area (Å²) in [4.78, 5) is 18.1. The Balaban J connectivity index is 1.06. The van der Waals surface area contributed by atoms with Crippen LogP contribution in [0, 0.1) is 18.3 Å². The summed E-state index contributed by atoms with van der Waals surface area (Å²) >= 11 is 6.91. The monoisotopic (exact) mass is 735 g/mol. The van der Waals surface area contributed by atoms with Crippen molar-refractivity contribution in [2.45, 2.75) is 76.9 Å². The molecule has 1 unspecified atom stereocenters. The van der Waals surface area contributed by atoms with E-state index in [1.165, 1.54) is 17.3 Å². The van der Waals surface area contributed by atoms with Gasteiger partial charge in [0.15, 0.2) is 0 Å². The molecule has 1 aliphatic carbocycles. The Kier molecular flexibility index (Phi) is 11.2. The molecule has 4 aromatic rings. The molecule has 276 valence electrons. The second kappa shape index (κ2) is 16.1. The Morgan fingerprint density at radius 3 is 2.68 bits per heavy atom. The highest BCUT2D eigenvalue weighted by atomic mass is 35.5. The summed E-state index contributed by atoms with van der Waals surface area (Å²) in [6, 6.07) is 20.4. The van der Waals surface area contributed by atoms with Gasteiger partial charge in [-0.15, -0.1) is 0 Å². The van der Waals surface area contributed by atoms with Gasteiger partial charge in [0, 0.05) is 74.8 Å². The molecule has 10 nitrogen and oxygen atoms in total. The first-order valence-corrected chi connectivity index (χ1v) is 18.8. The standard InChI is InChI=1S/C42H46ClN5O5/c1-27-32(6-4-9-37(27)51-15-5-14-48-25-42(2,50)26-48)33-7-3-8-35-34(33)11-12-38(35)53-40-18-39(52-24-29-16-28(19-44)20-45-21-29)30(17-36(40)43)22-46-23-31-10-13-41(49)47-31/h3-4,6-9,16-18,20-21,31,38,46,50H,5,10-15,22-26H2,1-2H3,(H,47,49)/t31?,38-/m0/s1. The molecule has 2 saturated heterocycles. The fraction of sp³-hybridized carbons (Fsp3) is 0.405. The van der Waals surface area contributed by atoms with E-state index in [0.29, 0.717) is 48.2 Å². The van der Waals surface area contributed by atoms with Crippen LogP contribution < -0.4 is 24.8 Å². The zero-order valence-electron chi connectivity index (χ0n) is 30.3. The summed E-state index contributed by atoms with van der Waals surface area (Å²) in [7, 11) is 0. The molecule has 53 heavy (non-hydrogen) atoms. The lowest BCUT2D eigenvalue weighted by molar-refractivity contribution is -0.119. The van der Waals surface area contributed by atoms with Gasteiger partial charge >= 0.3 is 0 Å². The maximum atomic E-state index is 11.7. The molecule has 11 heteroatoms. The number of aliphatic hydroxyl groups is 1.